The van der Waals surface area contributed by atoms with Crippen molar-refractivity contribution >= 4 is 11.7 Å². The minimum absolute atomic E-state index is 0.291. The maximum absolute atomic E-state index is 11.8. The molecule has 1 aromatic rings. The van der Waals surface area contributed by atoms with Gasteiger partial charge in [0.15, 0.2) is 0 Å². The lowest BCUT2D eigenvalue weighted by Crippen LogP contribution is -2.24. The maximum atomic E-state index is 11.8. The number of ether oxygens (including phenoxy) is 1. The molecule has 20 heavy (non-hydrogen) atoms. The van der Waals surface area contributed by atoms with E-state index in [4.69, 9.17) is 4.74 Å². The predicted molar refractivity (Wildman–Crippen MR) is 84.1 cm³/mol. The van der Waals surface area contributed by atoms with Crippen LogP contribution in [0.4, 0.5) is 5.69 Å². The Kier molecular flexibility index (Phi) is 6.56. The second kappa shape index (κ2) is 7.93. The number of carbonyl (C=O) groups is 1. The molecule has 0 aliphatic carbocycles. The topological polar surface area (TPSA) is 38.3 Å². The van der Waals surface area contributed by atoms with Crippen LogP contribution in [0.1, 0.15) is 50.9 Å². The minimum atomic E-state index is -0.291. The van der Waals surface area contributed by atoms with Crippen molar-refractivity contribution in [3.05, 3.63) is 29.8 Å². The highest BCUT2D eigenvalue weighted by Gasteiger charge is 2.17. The number of anilines is 1. The average Bonchev–Trinajstić information content (AvgIpc) is 2.37. The van der Waals surface area contributed by atoms with E-state index in [1.807, 2.05) is 18.2 Å². The van der Waals surface area contributed by atoms with Crippen molar-refractivity contribution in [3.63, 3.8) is 0 Å². The molecule has 1 aromatic carbocycles. The lowest BCUT2D eigenvalue weighted by Gasteiger charge is -2.24. The molecule has 112 valence electrons. The molecular weight excluding hydrogens is 250 g/mol. The zero-order valence-electron chi connectivity index (χ0n) is 13.3. The number of hydrogen-bond donors (Lipinski definition) is 1. The van der Waals surface area contributed by atoms with Crippen LogP contribution in [0.25, 0.3) is 0 Å². The van der Waals surface area contributed by atoms with Gasteiger partial charge in [-0.2, -0.15) is 0 Å². The van der Waals surface area contributed by atoms with Crippen LogP contribution >= 0.6 is 0 Å². The summed E-state index contributed by atoms with van der Waals surface area (Å²) in [5, 5.41) is 3.52. The van der Waals surface area contributed by atoms with E-state index in [1.165, 1.54) is 7.11 Å². The van der Waals surface area contributed by atoms with E-state index in [0.29, 0.717) is 23.4 Å². The first-order valence-corrected chi connectivity index (χ1v) is 7.37. The van der Waals surface area contributed by atoms with E-state index in [1.54, 1.807) is 6.07 Å². The van der Waals surface area contributed by atoms with Gasteiger partial charge < -0.3 is 10.1 Å². The van der Waals surface area contributed by atoms with E-state index in [-0.39, 0.29) is 5.97 Å². The van der Waals surface area contributed by atoms with Gasteiger partial charge in [0.1, 0.15) is 0 Å². The van der Waals surface area contributed by atoms with E-state index < -0.39 is 0 Å². The Morgan fingerprint density at radius 3 is 2.15 bits per heavy atom. The van der Waals surface area contributed by atoms with Crippen LogP contribution < -0.4 is 5.32 Å². The zero-order chi connectivity index (χ0) is 15.1. The molecule has 0 heterocycles. The predicted octanol–water partition coefficient (Wildman–Crippen LogP) is 4.35. The Hall–Kier alpha value is -1.51. The van der Waals surface area contributed by atoms with Crippen LogP contribution in [-0.4, -0.2) is 19.1 Å². The molecule has 0 aliphatic heterocycles. The van der Waals surface area contributed by atoms with Crippen LogP contribution in [0, 0.1) is 11.8 Å². The second-order valence-corrected chi connectivity index (χ2v) is 6.14. The van der Waals surface area contributed by atoms with Crippen LogP contribution in [0.3, 0.4) is 0 Å². The molecule has 1 N–H and O–H groups in total. The van der Waals surface area contributed by atoms with Crippen molar-refractivity contribution in [1.82, 2.24) is 0 Å². The van der Waals surface area contributed by atoms with Crippen LogP contribution in [0.5, 0.6) is 0 Å². The summed E-state index contributed by atoms with van der Waals surface area (Å²) in [4.78, 5) is 11.8. The van der Waals surface area contributed by atoms with E-state index in [9.17, 15) is 4.79 Å². The Balaban J connectivity index is 2.89. The lowest BCUT2D eigenvalue weighted by atomic mass is 9.95. The van der Waals surface area contributed by atoms with Crippen molar-refractivity contribution in [2.75, 3.05) is 12.4 Å². The minimum Gasteiger partial charge on any atom is -0.465 e. The SMILES string of the molecule is COC(=O)c1ccccc1NC(CC(C)C)CC(C)C. The third kappa shape index (κ3) is 5.24. The fraction of sp³-hybridized carbons (Fsp3) is 0.588. The molecule has 0 spiro atoms. The van der Waals surface area contributed by atoms with E-state index >= 15 is 0 Å². The van der Waals surface area contributed by atoms with Gasteiger partial charge in [-0.15, -0.1) is 0 Å². The Morgan fingerprint density at radius 1 is 1.10 bits per heavy atom. The molecule has 0 aromatic heterocycles. The summed E-state index contributed by atoms with van der Waals surface area (Å²) in [7, 11) is 1.42. The standard InChI is InChI=1S/C17H27NO2/c1-12(2)10-14(11-13(3)4)18-16-9-7-6-8-15(16)17(19)20-5/h6-9,12-14,18H,10-11H2,1-5H3. The van der Waals surface area contributed by atoms with Gasteiger partial charge in [-0.1, -0.05) is 39.8 Å². The lowest BCUT2D eigenvalue weighted by molar-refractivity contribution is 0.0602. The fourth-order valence-corrected chi connectivity index (χ4v) is 2.47. The van der Waals surface area contributed by atoms with Gasteiger partial charge in [0.2, 0.25) is 0 Å². The monoisotopic (exact) mass is 277 g/mol. The summed E-state index contributed by atoms with van der Waals surface area (Å²) >= 11 is 0. The number of methoxy groups -OCH3 is 1. The third-order valence-corrected chi connectivity index (χ3v) is 3.20. The van der Waals surface area contributed by atoms with E-state index in [0.717, 1.165) is 18.5 Å². The van der Waals surface area contributed by atoms with Crippen LogP contribution in [-0.2, 0) is 4.74 Å². The normalized spacial score (nSPS) is 11.2. The molecule has 0 fully saturated rings. The Labute approximate surface area is 122 Å². The van der Waals surface area contributed by atoms with Crippen molar-refractivity contribution < 1.29 is 9.53 Å². The first-order valence-electron chi connectivity index (χ1n) is 7.37. The Bertz CT molecular complexity index is 417. The number of carbonyl (C=O) groups excluding carboxylic acids is 1. The molecule has 0 amide bonds. The number of benzene rings is 1. The highest BCUT2D eigenvalue weighted by atomic mass is 16.5. The number of rotatable bonds is 7. The number of esters is 1. The fourth-order valence-electron chi connectivity index (χ4n) is 2.47. The van der Waals surface area contributed by atoms with Crippen molar-refractivity contribution in [2.45, 2.75) is 46.6 Å². The molecule has 0 saturated heterocycles. The second-order valence-electron chi connectivity index (χ2n) is 6.14. The number of nitrogens with one attached hydrogen (secondary N) is 1. The summed E-state index contributed by atoms with van der Waals surface area (Å²) in [6, 6.07) is 7.92. The first kappa shape index (κ1) is 16.5. The van der Waals surface area contributed by atoms with Gasteiger partial charge in [-0.25, -0.2) is 4.79 Å². The summed E-state index contributed by atoms with van der Waals surface area (Å²) in [5.41, 5.74) is 1.47. The average molecular weight is 277 g/mol. The quantitative estimate of drug-likeness (QED) is 0.753. The highest BCUT2D eigenvalue weighted by molar-refractivity contribution is 5.95. The largest absolute Gasteiger partial charge is 0.465 e. The van der Waals surface area contributed by atoms with Gasteiger partial charge >= 0.3 is 5.97 Å². The number of hydrogen-bond acceptors (Lipinski definition) is 3. The molecule has 0 aliphatic rings. The van der Waals surface area contributed by atoms with Crippen molar-refractivity contribution in [1.29, 1.82) is 0 Å². The number of para-hydroxylation sites is 1. The third-order valence-electron chi connectivity index (χ3n) is 3.20. The van der Waals surface area contributed by atoms with Gasteiger partial charge in [0.25, 0.3) is 0 Å². The molecule has 0 saturated carbocycles. The summed E-state index contributed by atoms with van der Waals surface area (Å²) in [6.45, 7) is 8.89. The molecule has 0 radical (unpaired) electrons. The molecule has 0 bridgehead atoms. The van der Waals surface area contributed by atoms with Crippen molar-refractivity contribution in [2.24, 2.45) is 11.8 Å². The molecule has 3 nitrogen and oxygen atoms in total. The Morgan fingerprint density at radius 2 is 1.65 bits per heavy atom. The summed E-state index contributed by atoms with van der Waals surface area (Å²) in [6.07, 6.45) is 2.18. The van der Waals surface area contributed by atoms with Crippen LogP contribution in [0.15, 0.2) is 24.3 Å². The van der Waals surface area contributed by atoms with Gasteiger partial charge in [-0.3, -0.25) is 0 Å². The van der Waals surface area contributed by atoms with Gasteiger partial charge in [-0.05, 0) is 36.8 Å². The summed E-state index contributed by atoms with van der Waals surface area (Å²) in [5.74, 6) is 0.953. The zero-order valence-corrected chi connectivity index (χ0v) is 13.3. The van der Waals surface area contributed by atoms with Crippen LogP contribution in [0.2, 0.25) is 0 Å². The van der Waals surface area contributed by atoms with Gasteiger partial charge in [0, 0.05) is 11.7 Å². The summed E-state index contributed by atoms with van der Waals surface area (Å²) < 4.78 is 4.84. The highest BCUT2D eigenvalue weighted by Crippen LogP contribution is 2.22. The van der Waals surface area contributed by atoms with E-state index in [2.05, 4.69) is 33.0 Å². The maximum Gasteiger partial charge on any atom is 0.339 e. The molecule has 0 unspecified atom stereocenters. The van der Waals surface area contributed by atoms with Gasteiger partial charge in [0.05, 0.1) is 12.7 Å². The first-order chi connectivity index (χ1) is 9.43. The molecule has 3 heteroatoms. The van der Waals surface area contributed by atoms with Crippen molar-refractivity contribution in [3.8, 4) is 0 Å². The molecule has 0 atom stereocenters. The smallest absolute Gasteiger partial charge is 0.339 e. The molecular formula is C17H27NO2. The molecule has 1 rings (SSSR count).